The third-order valence-corrected chi connectivity index (χ3v) is 3.61. The summed E-state index contributed by atoms with van der Waals surface area (Å²) in [6.07, 6.45) is -1.04. The van der Waals surface area contributed by atoms with Gasteiger partial charge in [-0.1, -0.05) is 50.0 Å². The van der Waals surface area contributed by atoms with Crippen molar-refractivity contribution in [2.45, 2.75) is 26.8 Å². The molecule has 0 aliphatic rings. The molecule has 6 heteroatoms. The number of rotatable bonds is 4. The van der Waals surface area contributed by atoms with Crippen molar-refractivity contribution >= 4 is 35.0 Å². The molecule has 1 aromatic rings. The van der Waals surface area contributed by atoms with Gasteiger partial charge in [0.2, 0.25) is 0 Å². The molecule has 1 unspecified atom stereocenters. The standard InChI is InChI=1S/C13H18Cl2N2O2/c1-13(2,3)10(17-12(18)19)7-16-9-6-4-5-8(14)11(9)15/h4-6,10,16-17H,7H2,1-3H3,(H,18,19). The quantitative estimate of drug-likeness (QED) is 0.785. The van der Waals surface area contributed by atoms with E-state index in [1.54, 1.807) is 18.2 Å². The Morgan fingerprint density at radius 2 is 2.00 bits per heavy atom. The van der Waals surface area contributed by atoms with Crippen LogP contribution in [0.15, 0.2) is 18.2 Å². The number of benzene rings is 1. The lowest BCUT2D eigenvalue weighted by Gasteiger charge is -2.31. The van der Waals surface area contributed by atoms with Crippen LogP contribution >= 0.6 is 23.2 Å². The molecule has 1 atom stereocenters. The zero-order valence-corrected chi connectivity index (χ0v) is 12.6. The highest BCUT2D eigenvalue weighted by molar-refractivity contribution is 6.43. The van der Waals surface area contributed by atoms with E-state index >= 15 is 0 Å². The SMILES string of the molecule is CC(C)(C)C(CNc1cccc(Cl)c1Cl)NC(=O)O. The summed E-state index contributed by atoms with van der Waals surface area (Å²) in [6, 6.07) is 5.04. The van der Waals surface area contributed by atoms with Gasteiger partial charge in [0.15, 0.2) is 0 Å². The summed E-state index contributed by atoms with van der Waals surface area (Å²) in [6.45, 7) is 6.33. The van der Waals surface area contributed by atoms with Gasteiger partial charge in [0.05, 0.1) is 21.8 Å². The molecule has 3 N–H and O–H groups in total. The van der Waals surface area contributed by atoms with Gasteiger partial charge in [0.25, 0.3) is 0 Å². The molecule has 0 radical (unpaired) electrons. The molecule has 0 aromatic heterocycles. The third-order valence-electron chi connectivity index (χ3n) is 2.79. The Balaban J connectivity index is 2.76. The Morgan fingerprint density at radius 3 is 2.53 bits per heavy atom. The topological polar surface area (TPSA) is 61.4 Å². The van der Waals surface area contributed by atoms with Crippen LogP contribution in [0.3, 0.4) is 0 Å². The highest BCUT2D eigenvalue weighted by atomic mass is 35.5. The van der Waals surface area contributed by atoms with Gasteiger partial charge in [-0.3, -0.25) is 0 Å². The normalized spacial score (nSPS) is 12.9. The van der Waals surface area contributed by atoms with Crippen LogP contribution in [0.25, 0.3) is 0 Å². The van der Waals surface area contributed by atoms with Crippen molar-refractivity contribution < 1.29 is 9.90 Å². The second kappa shape index (κ2) is 6.35. The molecule has 19 heavy (non-hydrogen) atoms. The van der Waals surface area contributed by atoms with Crippen LogP contribution in [0.5, 0.6) is 0 Å². The maximum absolute atomic E-state index is 10.8. The van der Waals surface area contributed by atoms with Crippen LogP contribution in [0.4, 0.5) is 10.5 Å². The summed E-state index contributed by atoms with van der Waals surface area (Å²) in [5.41, 5.74) is 0.479. The smallest absolute Gasteiger partial charge is 0.404 e. The van der Waals surface area contributed by atoms with Crippen LogP contribution in [-0.2, 0) is 0 Å². The van der Waals surface area contributed by atoms with E-state index in [2.05, 4.69) is 10.6 Å². The molecule has 1 aromatic carbocycles. The van der Waals surface area contributed by atoms with Crippen molar-refractivity contribution in [2.24, 2.45) is 5.41 Å². The van der Waals surface area contributed by atoms with Crippen molar-refractivity contribution in [2.75, 3.05) is 11.9 Å². The highest BCUT2D eigenvalue weighted by Gasteiger charge is 2.26. The summed E-state index contributed by atoms with van der Waals surface area (Å²) < 4.78 is 0. The molecule has 0 bridgehead atoms. The molecule has 0 saturated heterocycles. The molecule has 0 saturated carbocycles. The molecule has 4 nitrogen and oxygen atoms in total. The second-order valence-electron chi connectivity index (χ2n) is 5.35. The van der Waals surface area contributed by atoms with Gasteiger partial charge in [0, 0.05) is 6.54 Å². The summed E-state index contributed by atoms with van der Waals surface area (Å²) in [7, 11) is 0. The molecular formula is C13H18Cl2N2O2. The minimum absolute atomic E-state index is 0.212. The van der Waals surface area contributed by atoms with Crippen molar-refractivity contribution in [3.05, 3.63) is 28.2 Å². The van der Waals surface area contributed by atoms with Crippen LogP contribution < -0.4 is 10.6 Å². The lowest BCUT2D eigenvalue weighted by atomic mass is 9.86. The lowest BCUT2D eigenvalue weighted by Crippen LogP contribution is -2.47. The van der Waals surface area contributed by atoms with Gasteiger partial charge >= 0.3 is 6.09 Å². The predicted molar refractivity (Wildman–Crippen MR) is 79.4 cm³/mol. The van der Waals surface area contributed by atoms with E-state index in [9.17, 15) is 4.79 Å². The summed E-state index contributed by atoms with van der Waals surface area (Å²) in [5.74, 6) is 0. The first-order valence-electron chi connectivity index (χ1n) is 5.89. The van der Waals surface area contributed by atoms with Crippen molar-refractivity contribution in [3.8, 4) is 0 Å². The molecule has 106 valence electrons. The summed E-state index contributed by atoms with van der Waals surface area (Å²) >= 11 is 12.0. The largest absolute Gasteiger partial charge is 0.465 e. The maximum Gasteiger partial charge on any atom is 0.404 e. The first kappa shape index (κ1) is 15.9. The van der Waals surface area contributed by atoms with E-state index in [-0.39, 0.29) is 11.5 Å². The summed E-state index contributed by atoms with van der Waals surface area (Å²) in [4.78, 5) is 10.8. The van der Waals surface area contributed by atoms with Gasteiger partial charge in [0.1, 0.15) is 0 Å². The number of hydrogen-bond donors (Lipinski definition) is 3. The fraction of sp³-hybridized carbons (Fsp3) is 0.462. The first-order valence-corrected chi connectivity index (χ1v) is 6.64. The highest BCUT2D eigenvalue weighted by Crippen LogP contribution is 2.30. The number of hydrogen-bond acceptors (Lipinski definition) is 2. The average Bonchev–Trinajstić information content (AvgIpc) is 2.27. The van der Waals surface area contributed by atoms with E-state index in [1.807, 2.05) is 20.8 Å². The van der Waals surface area contributed by atoms with E-state index in [0.29, 0.717) is 22.3 Å². The predicted octanol–water partition coefficient (Wildman–Crippen LogP) is 4.09. The van der Waals surface area contributed by atoms with Gasteiger partial charge < -0.3 is 15.7 Å². The number of nitrogens with one attached hydrogen (secondary N) is 2. The fourth-order valence-corrected chi connectivity index (χ4v) is 1.94. The molecular weight excluding hydrogens is 287 g/mol. The maximum atomic E-state index is 10.8. The van der Waals surface area contributed by atoms with Gasteiger partial charge in [-0.05, 0) is 17.5 Å². The van der Waals surface area contributed by atoms with Crippen LogP contribution in [-0.4, -0.2) is 23.8 Å². The minimum atomic E-state index is -1.04. The van der Waals surface area contributed by atoms with Crippen molar-refractivity contribution in [1.82, 2.24) is 5.32 Å². The van der Waals surface area contributed by atoms with E-state index in [4.69, 9.17) is 28.3 Å². The number of carboxylic acid groups (broad SMARTS) is 1. The monoisotopic (exact) mass is 304 g/mol. The van der Waals surface area contributed by atoms with Crippen molar-refractivity contribution in [3.63, 3.8) is 0 Å². The lowest BCUT2D eigenvalue weighted by molar-refractivity contribution is 0.177. The Kier molecular flexibility index (Phi) is 5.32. The van der Waals surface area contributed by atoms with Gasteiger partial charge in [-0.25, -0.2) is 4.79 Å². The van der Waals surface area contributed by atoms with Crippen LogP contribution in [0, 0.1) is 5.41 Å². The minimum Gasteiger partial charge on any atom is -0.465 e. The van der Waals surface area contributed by atoms with E-state index in [1.165, 1.54) is 0 Å². The average molecular weight is 305 g/mol. The second-order valence-corrected chi connectivity index (χ2v) is 6.14. The molecule has 0 heterocycles. The van der Waals surface area contributed by atoms with Crippen LogP contribution in [0.1, 0.15) is 20.8 Å². The molecule has 0 aliphatic carbocycles. The molecule has 1 rings (SSSR count). The van der Waals surface area contributed by atoms with E-state index < -0.39 is 6.09 Å². The Labute approximate surface area is 123 Å². The number of amides is 1. The Morgan fingerprint density at radius 1 is 1.37 bits per heavy atom. The van der Waals surface area contributed by atoms with E-state index in [0.717, 1.165) is 0 Å². The molecule has 0 spiro atoms. The van der Waals surface area contributed by atoms with Crippen molar-refractivity contribution in [1.29, 1.82) is 0 Å². The van der Waals surface area contributed by atoms with Crippen LogP contribution in [0.2, 0.25) is 10.0 Å². The van der Waals surface area contributed by atoms with Gasteiger partial charge in [-0.15, -0.1) is 0 Å². The number of halogens is 2. The number of anilines is 1. The zero-order valence-electron chi connectivity index (χ0n) is 11.1. The molecule has 0 fully saturated rings. The fourth-order valence-electron chi connectivity index (χ4n) is 1.58. The Bertz CT molecular complexity index is 458. The number of carbonyl (C=O) groups is 1. The molecule has 0 aliphatic heterocycles. The Hall–Kier alpha value is -1.13. The van der Waals surface area contributed by atoms with Gasteiger partial charge in [-0.2, -0.15) is 0 Å². The first-order chi connectivity index (χ1) is 8.71. The third kappa shape index (κ3) is 4.80. The molecule has 1 amide bonds. The summed E-state index contributed by atoms with van der Waals surface area (Å²) in [5, 5.41) is 15.4. The zero-order chi connectivity index (χ0) is 14.6.